The third-order valence-corrected chi connectivity index (χ3v) is 3.76. The van der Waals surface area contributed by atoms with Crippen LogP contribution in [0.2, 0.25) is 0 Å². The molecular weight excluding hydrogens is 264 g/mol. The monoisotopic (exact) mass is 284 g/mol. The summed E-state index contributed by atoms with van der Waals surface area (Å²) in [5.41, 5.74) is 7.97. The van der Waals surface area contributed by atoms with Gasteiger partial charge in [0.2, 0.25) is 0 Å². The van der Waals surface area contributed by atoms with Gasteiger partial charge in [0.15, 0.2) is 0 Å². The molecular formula is C16H20N4O. The first-order chi connectivity index (χ1) is 10.2. The molecule has 3 rings (SSSR count). The van der Waals surface area contributed by atoms with Gasteiger partial charge in [0.25, 0.3) is 0 Å². The van der Waals surface area contributed by atoms with E-state index in [1.807, 2.05) is 37.3 Å². The van der Waals surface area contributed by atoms with Crippen LogP contribution in [0.1, 0.15) is 12.2 Å². The number of anilines is 1. The van der Waals surface area contributed by atoms with Gasteiger partial charge in [-0.25, -0.2) is 9.97 Å². The Kier molecular flexibility index (Phi) is 3.75. The summed E-state index contributed by atoms with van der Waals surface area (Å²) in [5.74, 6) is 2.58. The maximum atomic E-state index is 5.98. The van der Waals surface area contributed by atoms with E-state index in [0.29, 0.717) is 0 Å². The van der Waals surface area contributed by atoms with Crippen molar-refractivity contribution in [3.05, 3.63) is 36.2 Å². The number of ether oxygens (including phenoxy) is 1. The normalized spacial score (nSPS) is 18.0. The maximum Gasteiger partial charge on any atom is 0.132 e. The Morgan fingerprint density at radius 2 is 2.00 bits per heavy atom. The van der Waals surface area contributed by atoms with Gasteiger partial charge in [-0.1, -0.05) is 0 Å². The van der Waals surface area contributed by atoms with E-state index in [2.05, 4.69) is 14.9 Å². The third kappa shape index (κ3) is 2.97. The van der Waals surface area contributed by atoms with E-state index in [0.717, 1.165) is 48.2 Å². The first kappa shape index (κ1) is 13.8. The van der Waals surface area contributed by atoms with Crippen molar-refractivity contribution in [3.8, 4) is 17.0 Å². The summed E-state index contributed by atoms with van der Waals surface area (Å²) in [6.45, 7) is 3.74. The van der Waals surface area contributed by atoms with Crippen molar-refractivity contribution in [2.75, 3.05) is 25.1 Å². The number of benzene rings is 1. The van der Waals surface area contributed by atoms with Crippen LogP contribution in [0.4, 0.5) is 5.82 Å². The fourth-order valence-electron chi connectivity index (χ4n) is 2.62. The Labute approximate surface area is 124 Å². The molecule has 2 N–H and O–H groups in total. The number of aryl methyl sites for hydroxylation is 1. The number of methoxy groups -OCH3 is 1. The number of nitrogens with zero attached hydrogens (tertiary/aromatic N) is 3. The predicted octanol–water partition coefficient (Wildman–Crippen LogP) is 2.00. The molecule has 5 heteroatoms. The van der Waals surface area contributed by atoms with Crippen molar-refractivity contribution in [3.63, 3.8) is 0 Å². The van der Waals surface area contributed by atoms with Gasteiger partial charge in [-0.2, -0.15) is 0 Å². The molecule has 2 heterocycles. The first-order valence-electron chi connectivity index (χ1n) is 7.16. The summed E-state index contributed by atoms with van der Waals surface area (Å²) in [6.07, 6.45) is 1.01. The second-order valence-electron chi connectivity index (χ2n) is 5.38. The molecule has 1 unspecified atom stereocenters. The summed E-state index contributed by atoms with van der Waals surface area (Å²) in [4.78, 5) is 11.3. The van der Waals surface area contributed by atoms with Gasteiger partial charge >= 0.3 is 0 Å². The van der Waals surface area contributed by atoms with Gasteiger partial charge in [0.05, 0.1) is 12.8 Å². The summed E-state index contributed by atoms with van der Waals surface area (Å²) in [7, 11) is 1.67. The van der Waals surface area contributed by atoms with E-state index in [-0.39, 0.29) is 6.04 Å². The third-order valence-electron chi connectivity index (χ3n) is 3.76. The van der Waals surface area contributed by atoms with E-state index in [1.54, 1.807) is 7.11 Å². The average Bonchev–Trinajstić information content (AvgIpc) is 2.93. The van der Waals surface area contributed by atoms with Crippen LogP contribution >= 0.6 is 0 Å². The molecule has 21 heavy (non-hydrogen) atoms. The molecule has 0 radical (unpaired) electrons. The van der Waals surface area contributed by atoms with Crippen LogP contribution in [0.3, 0.4) is 0 Å². The zero-order chi connectivity index (χ0) is 14.8. The van der Waals surface area contributed by atoms with Crippen molar-refractivity contribution >= 4 is 5.82 Å². The molecule has 0 spiro atoms. The van der Waals surface area contributed by atoms with E-state index in [9.17, 15) is 0 Å². The van der Waals surface area contributed by atoms with E-state index in [4.69, 9.17) is 10.5 Å². The van der Waals surface area contributed by atoms with Crippen molar-refractivity contribution in [2.45, 2.75) is 19.4 Å². The second kappa shape index (κ2) is 5.69. The molecule has 0 saturated carbocycles. The molecule has 1 aliphatic heterocycles. The molecule has 110 valence electrons. The Bertz CT molecular complexity index is 627. The quantitative estimate of drug-likeness (QED) is 0.934. The van der Waals surface area contributed by atoms with Crippen LogP contribution in [-0.2, 0) is 0 Å². The highest BCUT2D eigenvalue weighted by atomic mass is 16.5. The Hall–Kier alpha value is -2.14. The molecule has 0 aliphatic carbocycles. The molecule has 1 fully saturated rings. The highest BCUT2D eigenvalue weighted by Crippen LogP contribution is 2.25. The lowest BCUT2D eigenvalue weighted by atomic mass is 10.1. The molecule has 2 aromatic rings. The van der Waals surface area contributed by atoms with Crippen LogP contribution in [0, 0.1) is 6.92 Å². The van der Waals surface area contributed by atoms with Gasteiger partial charge in [-0.05, 0) is 37.6 Å². The van der Waals surface area contributed by atoms with Gasteiger partial charge in [0.1, 0.15) is 17.4 Å². The Morgan fingerprint density at radius 1 is 1.24 bits per heavy atom. The fourth-order valence-corrected chi connectivity index (χ4v) is 2.62. The first-order valence-corrected chi connectivity index (χ1v) is 7.16. The smallest absolute Gasteiger partial charge is 0.132 e. The van der Waals surface area contributed by atoms with E-state index >= 15 is 0 Å². The number of aromatic nitrogens is 2. The Morgan fingerprint density at radius 3 is 2.62 bits per heavy atom. The topological polar surface area (TPSA) is 64.3 Å². The highest BCUT2D eigenvalue weighted by Gasteiger charge is 2.21. The minimum atomic E-state index is 0.240. The van der Waals surface area contributed by atoms with Gasteiger partial charge in [0, 0.05) is 30.8 Å². The summed E-state index contributed by atoms with van der Waals surface area (Å²) in [5, 5.41) is 0. The zero-order valence-electron chi connectivity index (χ0n) is 12.4. The lowest BCUT2D eigenvalue weighted by molar-refractivity contribution is 0.415. The zero-order valence-corrected chi connectivity index (χ0v) is 12.4. The van der Waals surface area contributed by atoms with Crippen molar-refractivity contribution < 1.29 is 4.74 Å². The highest BCUT2D eigenvalue weighted by molar-refractivity contribution is 5.64. The molecule has 1 saturated heterocycles. The standard InChI is InChI=1S/C16H20N4O/c1-11-18-15(12-3-5-14(21-2)6-4-12)9-16(19-11)20-8-7-13(17)10-20/h3-6,9,13H,7-8,10,17H2,1-2H3. The maximum absolute atomic E-state index is 5.98. The summed E-state index contributed by atoms with van der Waals surface area (Å²) >= 11 is 0. The SMILES string of the molecule is COc1ccc(-c2cc(N3CCC(N)C3)nc(C)n2)cc1. The predicted molar refractivity (Wildman–Crippen MR) is 83.6 cm³/mol. The molecule has 0 bridgehead atoms. The van der Waals surface area contributed by atoms with Crippen LogP contribution in [0.15, 0.2) is 30.3 Å². The van der Waals surface area contributed by atoms with Crippen LogP contribution < -0.4 is 15.4 Å². The molecule has 1 atom stereocenters. The molecule has 1 aliphatic rings. The Balaban J connectivity index is 1.93. The van der Waals surface area contributed by atoms with E-state index < -0.39 is 0 Å². The number of rotatable bonds is 3. The molecule has 1 aromatic carbocycles. The number of hydrogen-bond donors (Lipinski definition) is 1. The minimum Gasteiger partial charge on any atom is -0.497 e. The van der Waals surface area contributed by atoms with E-state index in [1.165, 1.54) is 0 Å². The largest absolute Gasteiger partial charge is 0.497 e. The lowest BCUT2D eigenvalue weighted by Gasteiger charge is -2.18. The van der Waals surface area contributed by atoms with Gasteiger partial charge in [-0.3, -0.25) is 0 Å². The van der Waals surface area contributed by atoms with Crippen LogP contribution in [-0.4, -0.2) is 36.2 Å². The number of nitrogens with two attached hydrogens (primary N) is 1. The van der Waals surface area contributed by atoms with Gasteiger partial charge < -0.3 is 15.4 Å². The summed E-state index contributed by atoms with van der Waals surface area (Å²) in [6, 6.07) is 10.2. The van der Waals surface area contributed by atoms with Crippen LogP contribution in [0.25, 0.3) is 11.3 Å². The average molecular weight is 284 g/mol. The van der Waals surface area contributed by atoms with Gasteiger partial charge in [-0.15, -0.1) is 0 Å². The molecule has 5 nitrogen and oxygen atoms in total. The summed E-state index contributed by atoms with van der Waals surface area (Å²) < 4.78 is 5.19. The molecule has 1 aromatic heterocycles. The lowest BCUT2D eigenvalue weighted by Crippen LogP contribution is -2.27. The molecule has 0 amide bonds. The minimum absolute atomic E-state index is 0.240. The van der Waals surface area contributed by atoms with Crippen molar-refractivity contribution in [1.82, 2.24) is 9.97 Å². The van der Waals surface area contributed by atoms with Crippen molar-refractivity contribution in [2.24, 2.45) is 5.73 Å². The van der Waals surface area contributed by atoms with Crippen LogP contribution in [0.5, 0.6) is 5.75 Å². The van der Waals surface area contributed by atoms with Crippen molar-refractivity contribution in [1.29, 1.82) is 0 Å². The number of hydrogen-bond acceptors (Lipinski definition) is 5. The fraction of sp³-hybridized carbons (Fsp3) is 0.375. The second-order valence-corrected chi connectivity index (χ2v) is 5.38.